The second-order valence-electron chi connectivity index (χ2n) is 2.30. The van der Waals surface area contributed by atoms with Gasteiger partial charge in [0.05, 0.1) is 0 Å². The van der Waals surface area contributed by atoms with E-state index in [1.165, 1.54) is 11.1 Å². The highest BCUT2D eigenvalue weighted by atomic mass is 16.4. The third kappa shape index (κ3) is 5.15. The fourth-order valence-electron chi connectivity index (χ4n) is 0.637. The molecule has 0 aliphatic heterocycles. The summed E-state index contributed by atoms with van der Waals surface area (Å²) < 4.78 is 0. The molecule has 0 fully saturated rings. The van der Waals surface area contributed by atoms with E-state index in [2.05, 4.69) is 50.0 Å². The summed E-state index contributed by atoms with van der Waals surface area (Å²) >= 11 is 0. The maximum Gasteiger partial charge on any atom is 0.0298 e. The van der Waals surface area contributed by atoms with Gasteiger partial charge in [0.1, 0.15) is 0 Å². The zero-order valence-corrected chi connectivity index (χ0v) is 6.91. The van der Waals surface area contributed by atoms with Crippen LogP contribution in [0.4, 0.5) is 0 Å². The zero-order chi connectivity index (χ0) is 8.69. The number of hydrogen-bond donors (Lipinski definition) is 1. The zero-order valence-electron chi connectivity index (χ0n) is 6.91. The van der Waals surface area contributed by atoms with Crippen LogP contribution in [0.3, 0.4) is 0 Å². The minimum atomic E-state index is 1.33. The minimum absolute atomic E-state index is 1.33. The number of benzene rings is 1. The summed E-state index contributed by atoms with van der Waals surface area (Å²) in [6.45, 7) is 6.86. The van der Waals surface area contributed by atoms with Gasteiger partial charge in [0.15, 0.2) is 0 Å². The van der Waals surface area contributed by atoms with Gasteiger partial charge in [-0.15, -0.1) is 5.16 Å². The highest BCUT2D eigenvalue weighted by Crippen LogP contribution is 1.99. The van der Waals surface area contributed by atoms with Gasteiger partial charge >= 0.3 is 0 Å². The highest BCUT2D eigenvalue weighted by Gasteiger charge is 1.79. The summed E-state index contributed by atoms with van der Waals surface area (Å²) in [5.41, 5.74) is 2.66. The molecule has 0 aliphatic carbocycles. The van der Waals surface area contributed by atoms with Crippen LogP contribution >= 0.6 is 0 Å². The molecule has 1 rings (SSSR count). The molecule has 0 saturated carbocycles. The first-order valence-corrected chi connectivity index (χ1v) is 3.34. The van der Waals surface area contributed by atoms with Crippen molar-refractivity contribution < 1.29 is 5.21 Å². The molecule has 0 atom stereocenters. The van der Waals surface area contributed by atoms with Gasteiger partial charge in [-0.05, 0) is 13.8 Å². The molecule has 60 valence electrons. The van der Waals surface area contributed by atoms with E-state index in [0.717, 1.165) is 0 Å². The van der Waals surface area contributed by atoms with Crippen LogP contribution in [0.15, 0.2) is 29.4 Å². The summed E-state index contributed by atoms with van der Waals surface area (Å²) in [5.74, 6) is 0. The molecule has 1 aromatic carbocycles. The van der Waals surface area contributed by atoms with Crippen molar-refractivity contribution in [2.75, 3.05) is 0 Å². The second kappa shape index (κ2) is 5.47. The van der Waals surface area contributed by atoms with Crippen LogP contribution in [0.1, 0.15) is 11.1 Å². The summed E-state index contributed by atoms with van der Waals surface area (Å²) in [6, 6.07) is 8.48. The van der Waals surface area contributed by atoms with Crippen molar-refractivity contribution >= 4 is 6.72 Å². The Morgan fingerprint density at radius 3 is 1.45 bits per heavy atom. The van der Waals surface area contributed by atoms with E-state index in [-0.39, 0.29) is 0 Å². The van der Waals surface area contributed by atoms with Crippen LogP contribution in [-0.4, -0.2) is 11.9 Å². The monoisotopic (exact) mass is 151 g/mol. The molecule has 0 spiro atoms. The summed E-state index contributed by atoms with van der Waals surface area (Å²) in [7, 11) is 0. The van der Waals surface area contributed by atoms with Gasteiger partial charge in [-0.2, -0.15) is 0 Å². The maximum atomic E-state index is 7.08. The molecule has 2 heteroatoms. The fraction of sp³-hybridized carbons (Fsp3) is 0.222. The number of oxime groups is 1. The van der Waals surface area contributed by atoms with Crippen molar-refractivity contribution in [3.8, 4) is 0 Å². The average Bonchev–Trinajstić information content (AvgIpc) is 1.97. The Labute approximate surface area is 67.2 Å². The standard InChI is InChI=1S/C8H10.CH3NO/c1-7-3-5-8(2)6-4-7;1-2-3/h3-6H,1-2H3;3H,1H2. The number of hydrogen-bond acceptors (Lipinski definition) is 2. The Bertz CT molecular complexity index is 182. The predicted molar refractivity (Wildman–Crippen MR) is 47.3 cm³/mol. The van der Waals surface area contributed by atoms with Gasteiger partial charge in [0.2, 0.25) is 0 Å². The van der Waals surface area contributed by atoms with Crippen molar-refractivity contribution in [3.05, 3.63) is 35.4 Å². The maximum absolute atomic E-state index is 7.08. The molecule has 2 nitrogen and oxygen atoms in total. The first kappa shape index (κ1) is 9.69. The van der Waals surface area contributed by atoms with E-state index >= 15 is 0 Å². The van der Waals surface area contributed by atoms with E-state index in [0.29, 0.717) is 0 Å². The lowest BCUT2D eigenvalue weighted by Crippen LogP contribution is -1.70. The van der Waals surface area contributed by atoms with Crippen LogP contribution in [0.2, 0.25) is 0 Å². The number of rotatable bonds is 0. The summed E-state index contributed by atoms with van der Waals surface area (Å²) in [4.78, 5) is 0. The molecule has 0 aromatic heterocycles. The van der Waals surface area contributed by atoms with Gasteiger partial charge in [0.25, 0.3) is 0 Å². The molecule has 0 aliphatic rings. The average molecular weight is 151 g/mol. The first-order chi connectivity index (χ1) is 5.20. The first-order valence-electron chi connectivity index (χ1n) is 3.34. The largest absolute Gasteiger partial charge is 0.411 e. The molecular weight excluding hydrogens is 138 g/mol. The Morgan fingerprint density at radius 2 is 1.27 bits per heavy atom. The third-order valence-corrected chi connectivity index (χ3v) is 1.22. The van der Waals surface area contributed by atoms with Crippen LogP contribution < -0.4 is 0 Å². The number of aryl methyl sites for hydroxylation is 2. The lowest BCUT2D eigenvalue weighted by Gasteiger charge is -1.90. The summed E-state index contributed by atoms with van der Waals surface area (Å²) in [5, 5.41) is 9.33. The van der Waals surface area contributed by atoms with Crippen LogP contribution in [0.5, 0.6) is 0 Å². The normalized spacial score (nSPS) is 7.82. The smallest absolute Gasteiger partial charge is 0.0298 e. The molecule has 0 saturated heterocycles. The van der Waals surface area contributed by atoms with E-state index < -0.39 is 0 Å². The van der Waals surface area contributed by atoms with Crippen molar-refractivity contribution in [2.24, 2.45) is 5.16 Å². The lowest BCUT2D eigenvalue weighted by molar-refractivity contribution is 0.323. The van der Waals surface area contributed by atoms with E-state index in [1.807, 2.05) is 0 Å². The fourth-order valence-corrected chi connectivity index (χ4v) is 0.637. The molecule has 0 heterocycles. The van der Waals surface area contributed by atoms with Crippen molar-refractivity contribution in [1.82, 2.24) is 0 Å². The minimum Gasteiger partial charge on any atom is -0.411 e. The second-order valence-corrected chi connectivity index (χ2v) is 2.30. The van der Waals surface area contributed by atoms with Gasteiger partial charge in [-0.1, -0.05) is 35.4 Å². The van der Waals surface area contributed by atoms with Crippen molar-refractivity contribution in [2.45, 2.75) is 13.8 Å². The van der Waals surface area contributed by atoms with Crippen molar-refractivity contribution in [3.63, 3.8) is 0 Å². The van der Waals surface area contributed by atoms with Gasteiger partial charge < -0.3 is 5.21 Å². The quantitative estimate of drug-likeness (QED) is 0.344. The third-order valence-electron chi connectivity index (χ3n) is 1.22. The molecule has 0 radical (unpaired) electrons. The van der Waals surface area contributed by atoms with Crippen molar-refractivity contribution in [1.29, 1.82) is 0 Å². The molecule has 0 unspecified atom stereocenters. The van der Waals surface area contributed by atoms with Gasteiger partial charge in [0, 0.05) is 6.72 Å². The topological polar surface area (TPSA) is 32.6 Å². The Balaban J connectivity index is 0.000000292. The lowest BCUT2D eigenvalue weighted by atomic mass is 10.2. The SMILES string of the molecule is C=NO.Cc1ccc(C)cc1. The Hall–Kier alpha value is -1.31. The molecular formula is C9H13NO. The Morgan fingerprint density at radius 1 is 1.09 bits per heavy atom. The molecule has 0 amide bonds. The Kier molecular flexibility index (Phi) is 4.82. The summed E-state index contributed by atoms with van der Waals surface area (Å²) in [6.07, 6.45) is 0. The van der Waals surface area contributed by atoms with Crippen LogP contribution in [0, 0.1) is 13.8 Å². The van der Waals surface area contributed by atoms with Crippen LogP contribution in [0.25, 0.3) is 0 Å². The molecule has 1 aromatic rings. The van der Waals surface area contributed by atoms with Gasteiger partial charge in [-0.25, -0.2) is 0 Å². The molecule has 11 heavy (non-hydrogen) atoms. The molecule has 0 bridgehead atoms. The van der Waals surface area contributed by atoms with Crippen LogP contribution in [-0.2, 0) is 0 Å². The van der Waals surface area contributed by atoms with E-state index in [4.69, 9.17) is 5.21 Å². The van der Waals surface area contributed by atoms with E-state index in [9.17, 15) is 0 Å². The van der Waals surface area contributed by atoms with E-state index in [1.54, 1.807) is 0 Å². The molecule has 1 N–H and O–H groups in total. The number of nitrogens with zero attached hydrogens (tertiary/aromatic N) is 1. The van der Waals surface area contributed by atoms with Gasteiger partial charge in [-0.3, -0.25) is 0 Å². The predicted octanol–water partition coefficient (Wildman–Crippen LogP) is 2.38. The highest BCUT2D eigenvalue weighted by molar-refractivity contribution is 5.20.